The maximum atomic E-state index is 14.0. The van der Waals surface area contributed by atoms with E-state index < -0.39 is 20.0 Å². The molecule has 38 heavy (non-hydrogen) atoms. The lowest BCUT2D eigenvalue weighted by atomic mass is 9.95. The van der Waals surface area contributed by atoms with Gasteiger partial charge in [-0.2, -0.15) is 8.61 Å². The summed E-state index contributed by atoms with van der Waals surface area (Å²) in [4.78, 5) is 0.640. The van der Waals surface area contributed by atoms with E-state index in [2.05, 4.69) is 13.2 Å². The second kappa shape index (κ2) is 10.4. The molecule has 1 saturated heterocycles. The van der Waals surface area contributed by atoms with E-state index in [1.54, 1.807) is 0 Å². The van der Waals surface area contributed by atoms with Gasteiger partial charge in [-0.05, 0) is 136 Å². The van der Waals surface area contributed by atoms with Gasteiger partial charge in [0.1, 0.15) is 0 Å². The summed E-state index contributed by atoms with van der Waals surface area (Å²) in [6, 6.07) is 0. The molecular formula is C30H42N2O4S2. The molecule has 0 radical (unpaired) electrons. The van der Waals surface area contributed by atoms with Crippen LogP contribution in [0.1, 0.15) is 55.6 Å². The van der Waals surface area contributed by atoms with Gasteiger partial charge in [-0.3, -0.25) is 0 Å². The van der Waals surface area contributed by atoms with Crippen LogP contribution in [0.4, 0.5) is 0 Å². The molecule has 2 aromatic carbocycles. The van der Waals surface area contributed by atoms with E-state index in [4.69, 9.17) is 0 Å². The fourth-order valence-corrected chi connectivity index (χ4v) is 9.60. The summed E-state index contributed by atoms with van der Waals surface area (Å²) < 4.78 is 58.8. The van der Waals surface area contributed by atoms with Crippen molar-refractivity contribution in [3.8, 4) is 0 Å². The van der Waals surface area contributed by atoms with Crippen molar-refractivity contribution >= 4 is 20.0 Å². The third-order valence-corrected chi connectivity index (χ3v) is 12.8. The molecule has 0 amide bonds. The molecule has 0 bridgehead atoms. The van der Waals surface area contributed by atoms with E-state index in [-0.39, 0.29) is 26.2 Å². The van der Waals surface area contributed by atoms with Gasteiger partial charge in [0.05, 0.1) is 9.79 Å². The molecule has 6 nitrogen and oxygen atoms in total. The molecule has 208 valence electrons. The molecule has 1 heterocycles. The highest BCUT2D eigenvalue weighted by Gasteiger charge is 2.36. The van der Waals surface area contributed by atoms with E-state index in [0.29, 0.717) is 20.9 Å². The molecule has 0 aliphatic carbocycles. The van der Waals surface area contributed by atoms with Crippen LogP contribution in [0.3, 0.4) is 0 Å². The Morgan fingerprint density at radius 1 is 0.421 bits per heavy atom. The topological polar surface area (TPSA) is 74.8 Å². The molecule has 8 heteroatoms. The van der Waals surface area contributed by atoms with Crippen molar-refractivity contribution in [2.24, 2.45) is 0 Å². The van der Waals surface area contributed by atoms with Crippen molar-refractivity contribution in [3.05, 3.63) is 79.9 Å². The monoisotopic (exact) mass is 558 g/mol. The minimum absolute atomic E-state index is 0.0160. The molecule has 0 unspecified atom stereocenters. The average molecular weight is 559 g/mol. The van der Waals surface area contributed by atoms with Crippen LogP contribution in [-0.2, 0) is 20.0 Å². The van der Waals surface area contributed by atoms with E-state index in [9.17, 15) is 16.8 Å². The van der Waals surface area contributed by atoms with Crippen LogP contribution in [0.15, 0.2) is 34.1 Å². The highest BCUT2D eigenvalue weighted by Crippen LogP contribution is 2.35. The first kappa shape index (κ1) is 30.3. The van der Waals surface area contributed by atoms with Gasteiger partial charge in [-0.1, -0.05) is 13.2 Å². The van der Waals surface area contributed by atoms with Gasteiger partial charge in [-0.15, -0.1) is 0 Å². The van der Waals surface area contributed by atoms with E-state index >= 15 is 0 Å². The minimum atomic E-state index is -3.88. The maximum Gasteiger partial charge on any atom is 0.244 e. The Morgan fingerprint density at radius 2 is 0.605 bits per heavy atom. The Balaban J connectivity index is 2.04. The van der Waals surface area contributed by atoms with Gasteiger partial charge in [0.2, 0.25) is 20.0 Å². The molecule has 2 aromatic rings. The van der Waals surface area contributed by atoms with Crippen LogP contribution in [0, 0.1) is 69.2 Å². The van der Waals surface area contributed by atoms with Crippen molar-refractivity contribution in [2.45, 2.75) is 79.0 Å². The average Bonchev–Trinajstić information content (AvgIpc) is 2.81. The van der Waals surface area contributed by atoms with E-state index in [1.807, 2.05) is 69.2 Å². The summed E-state index contributed by atoms with van der Waals surface area (Å²) in [5, 5.41) is 0. The van der Waals surface area contributed by atoms with Crippen LogP contribution in [-0.4, -0.2) is 51.6 Å². The molecule has 0 atom stereocenters. The summed E-state index contributed by atoms with van der Waals surface area (Å²) in [6.45, 7) is 27.5. The number of sulfonamides is 2. The van der Waals surface area contributed by atoms with Gasteiger partial charge in [-0.25, -0.2) is 16.8 Å². The van der Waals surface area contributed by atoms with Crippen LogP contribution in [0.25, 0.3) is 0 Å². The van der Waals surface area contributed by atoms with Gasteiger partial charge >= 0.3 is 0 Å². The number of hydrogen-bond donors (Lipinski definition) is 0. The van der Waals surface area contributed by atoms with Gasteiger partial charge < -0.3 is 0 Å². The standard InChI is InChI=1S/C30H42N2O4S2/c1-17-13-31(37(33,34)29-25(9)21(5)19(3)22(6)26(29)10)15-18(2)16-32(14-17)38(35,36)30-27(11)23(7)20(4)24(8)28(30)12/h1-2,13-16H2,3-12H3. The summed E-state index contributed by atoms with van der Waals surface area (Å²) in [5.41, 5.74) is 10.0. The highest BCUT2D eigenvalue weighted by molar-refractivity contribution is 7.89. The second-order valence-corrected chi connectivity index (χ2v) is 14.7. The predicted molar refractivity (Wildman–Crippen MR) is 156 cm³/mol. The molecule has 3 rings (SSSR count). The maximum absolute atomic E-state index is 14.0. The summed E-state index contributed by atoms with van der Waals surface area (Å²) >= 11 is 0. The van der Waals surface area contributed by atoms with Crippen LogP contribution in [0.5, 0.6) is 0 Å². The zero-order valence-electron chi connectivity index (χ0n) is 24.6. The van der Waals surface area contributed by atoms with Crippen LogP contribution in [0.2, 0.25) is 0 Å². The molecule has 0 N–H and O–H groups in total. The smallest absolute Gasteiger partial charge is 0.207 e. The predicted octanol–water partition coefficient (Wildman–Crippen LogP) is 5.58. The van der Waals surface area contributed by atoms with E-state index in [0.717, 1.165) is 55.6 Å². The SMILES string of the molecule is C=C1CN(S(=O)(=O)c2c(C)c(C)c(C)c(C)c2C)CC(=C)CN(S(=O)(=O)c2c(C)c(C)c(C)c(C)c2C)C1. The number of nitrogens with zero attached hydrogens (tertiary/aromatic N) is 2. The number of benzene rings is 2. The normalized spacial score (nSPS) is 16.6. The Morgan fingerprint density at radius 3 is 0.816 bits per heavy atom. The third kappa shape index (κ3) is 4.92. The Labute approximate surface area is 230 Å². The third-order valence-electron chi connectivity index (χ3n) is 8.66. The first-order valence-electron chi connectivity index (χ1n) is 12.8. The zero-order valence-corrected chi connectivity index (χ0v) is 26.2. The molecule has 1 aliphatic heterocycles. The molecule has 1 fully saturated rings. The number of hydrogen-bond acceptors (Lipinski definition) is 4. The van der Waals surface area contributed by atoms with Crippen molar-refractivity contribution in [1.29, 1.82) is 0 Å². The van der Waals surface area contributed by atoms with Gasteiger partial charge in [0.25, 0.3) is 0 Å². The van der Waals surface area contributed by atoms with Crippen molar-refractivity contribution in [1.82, 2.24) is 8.61 Å². The summed E-state index contributed by atoms with van der Waals surface area (Å²) in [7, 11) is -7.76. The van der Waals surface area contributed by atoms with Crippen molar-refractivity contribution in [2.75, 3.05) is 26.2 Å². The molecule has 0 saturated carbocycles. The molecular weight excluding hydrogens is 516 g/mol. The van der Waals surface area contributed by atoms with Crippen molar-refractivity contribution < 1.29 is 16.8 Å². The highest BCUT2D eigenvalue weighted by atomic mass is 32.2. The first-order valence-corrected chi connectivity index (χ1v) is 15.7. The Kier molecular flexibility index (Phi) is 8.27. The Bertz CT molecular complexity index is 1390. The first-order chi connectivity index (χ1) is 17.3. The van der Waals surface area contributed by atoms with Gasteiger partial charge in [0.15, 0.2) is 0 Å². The molecule has 0 aromatic heterocycles. The second-order valence-electron chi connectivity index (χ2n) is 11.0. The van der Waals surface area contributed by atoms with Crippen LogP contribution < -0.4 is 0 Å². The fraction of sp³-hybridized carbons (Fsp3) is 0.467. The largest absolute Gasteiger partial charge is 0.244 e. The zero-order chi connectivity index (χ0) is 29.1. The van der Waals surface area contributed by atoms with Crippen LogP contribution >= 0.6 is 0 Å². The quantitative estimate of drug-likeness (QED) is 0.459. The lowest BCUT2D eigenvalue weighted by Gasteiger charge is -2.33. The van der Waals surface area contributed by atoms with Gasteiger partial charge in [0, 0.05) is 26.2 Å². The van der Waals surface area contributed by atoms with Crippen molar-refractivity contribution in [3.63, 3.8) is 0 Å². The fourth-order valence-electron chi connectivity index (χ4n) is 5.51. The summed E-state index contributed by atoms with van der Waals surface area (Å²) in [5.74, 6) is 0. The lowest BCUT2D eigenvalue weighted by molar-refractivity contribution is 0.392. The number of rotatable bonds is 4. The lowest BCUT2D eigenvalue weighted by Crippen LogP contribution is -2.44. The minimum Gasteiger partial charge on any atom is -0.207 e. The summed E-state index contributed by atoms with van der Waals surface area (Å²) in [6.07, 6.45) is 0. The van der Waals surface area contributed by atoms with E-state index in [1.165, 1.54) is 8.61 Å². The molecule has 0 spiro atoms. The molecule has 1 aliphatic rings. The Hall–Kier alpha value is -2.26.